The number of fused-ring (bicyclic) bond motifs is 3. The van der Waals surface area contributed by atoms with E-state index in [0.717, 1.165) is 27.6 Å². The van der Waals surface area contributed by atoms with Gasteiger partial charge in [-0.2, -0.15) is 0 Å². The van der Waals surface area contributed by atoms with Crippen LogP contribution in [0.5, 0.6) is 11.5 Å². The molecule has 4 aromatic rings. The standard InChI is InChI=1S/C18H14N2O2/c1-22-11-6-7-14(17(21)10-11)16-9-8-13-12-4-2-3-5-15(12)19-18(13)20-16/h2-10,21H,1H3,(H,19,20). The van der Waals surface area contributed by atoms with Gasteiger partial charge in [0.2, 0.25) is 0 Å². The number of aromatic nitrogens is 2. The second kappa shape index (κ2) is 4.77. The van der Waals surface area contributed by atoms with Gasteiger partial charge >= 0.3 is 0 Å². The van der Waals surface area contributed by atoms with E-state index in [0.29, 0.717) is 11.3 Å². The van der Waals surface area contributed by atoms with Gasteiger partial charge in [0.15, 0.2) is 0 Å². The van der Waals surface area contributed by atoms with E-state index in [1.54, 1.807) is 13.2 Å². The van der Waals surface area contributed by atoms with Gasteiger partial charge < -0.3 is 14.8 Å². The molecular weight excluding hydrogens is 276 g/mol. The van der Waals surface area contributed by atoms with Crippen LogP contribution in [0.3, 0.4) is 0 Å². The highest BCUT2D eigenvalue weighted by atomic mass is 16.5. The fraction of sp³-hybridized carbons (Fsp3) is 0.0556. The Kier molecular flexibility index (Phi) is 2.76. The zero-order chi connectivity index (χ0) is 15.1. The molecule has 0 saturated heterocycles. The Morgan fingerprint density at radius 1 is 1.00 bits per heavy atom. The molecule has 0 saturated carbocycles. The molecule has 2 heterocycles. The Morgan fingerprint density at radius 3 is 2.68 bits per heavy atom. The highest BCUT2D eigenvalue weighted by Crippen LogP contribution is 2.33. The van der Waals surface area contributed by atoms with Crippen molar-refractivity contribution in [3.8, 4) is 22.8 Å². The lowest BCUT2D eigenvalue weighted by atomic mass is 10.1. The number of nitrogens with zero attached hydrogens (tertiary/aromatic N) is 1. The highest BCUT2D eigenvalue weighted by molar-refractivity contribution is 6.06. The number of ether oxygens (including phenoxy) is 1. The number of aromatic amines is 1. The Morgan fingerprint density at radius 2 is 1.86 bits per heavy atom. The maximum atomic E-state index is 10.2. The molecule has 2 N–H and O–H groups in total. The minimum absolute atomic E-state index is 0.155. The van der Waals surface area contributed by atoms with Gasteiger partial charge in [0, 0.05) is 27.9 Å². The SMILES string of the molecule is COc1ccc(-c2ccc3c(n2)[nH]c2ccccc23)c(O)c1. The van der Waals surface area contributed by atoms with Crippen LogP contribution in [-0.2, 0) is 0 Å². The molecule has 108 valence electrons. The largest absolute Gasteiger partial charge is 0.507 e. The third-order valence-electron chi connectivity index (χ3n) is 3.85. The van der Waals surface area contributed by atoms with Crippen LogP contribution < -0.4 is 4.74 Å². The summed E-state index contributed by atoms with van der Waals surface area (Å²) in [7, 11) is 1.57. The highest BCUT2D eigenvalue weighted by Gasteiger charge is 2.10. The Balaban J connectivity index is 1.91. The summed E-state index contributed by atoms with van der Waals surface area (Å²) in [5, 5.41) is 12.4. The average molecular weight is 290 g/mol. The van der Waals surface area contributed by atoms with E-state index in [-0.39, 0.29) is 5.75 Å². The van der Waals surface area contributed by atoms with E-state index in [1.807, 2.05) is 42.5 Å². The van der Waals surface area contributed by atoms with Crippen molar-refractivity contribution >= 4 is 21.9 Å². The summed E-state index contributed by atoms with van der Waals surface area (Å²) >= 11 is 0. The quantitative estimate of drug-likeness (QED) is 0.584. The lowest BCUT2D eigenvalue weighted by Crippen LogP contribution is -1.87. The van der Waals surface area contributed by atoms with Crippen molar-refractivity contribution in [3.05, 3.63) is 54.6 Å². The second-order valence-corrected chi connectivity index (χ2v) is 5.15. The number of hydrogen-bond acceptors (Lipinski definition) is 3. The number of aromatic hydroxyl groups is 1. The van der Waals surface area contributed by atoms with E-state index < -0.39 is 0 Å². The van der Waals surface area contributed by atoms with Gasteiger partial charge in [-0.25, -0.2) is 4.98 Å². The first-order valence-electron chi connectivity index (χ1n) is 7.01. The van der Waals surface area contributed by atoms with E-state index in [1.165, 1.54) is 0 Å². The van der Waals surface area contributed by atoms with Crippen LogP contribution in [0.25, 0.3) is 33.2 Å². The van der Waals surface area contributed by atoms with Crippen LogP contribution in [0.1, 0.15) is 0 Å². The minimum Gasteiger partial charge on any atom is -0.507 e. The zero-order valence-corrected chi connectivity index (χ0v) is 12.0. The average Bonchev–Trinajstić information content (AvgIpc) is 2.92. The summed E-state index contributed by atoms with van der Waals surface area (Å²) in [5.41, 5.74) is 3.27. The van der Waals surface area contributed by atoms with E-state index in [2.05, 4.69) is 16.0 Å². The first-order valence-corrected chi connectivity index (χ1v) is 7.01. The Labute approximate surface area is 127 Å². The number of pyridine rings is 1. The molecule has 0 amide bonds. The van der Waals surface area contributed by atoms with Crippen LogP contribution in [0.2, 0.25) is 0 Å². The van der Waals surface area contributed by atoms with Gasteiger partial charge in [0.05, 0.1) is 12.8 Å². The molecule has 0 radical (unpaired) electrons. The van der Waals surface area contributed by atoms with Crippen molar-refractivity contribution < 1.29 is 9.84 Å². The Hall–Kier alpha value is -3.01. The maximum absolute atomic E-state index is 10.2. The van der Waals surface area contributed by atoms with E-state index >= 15 is 0 Å². The molecular formula is C18H14N2O2. The molecule has 0 aliphatic carbocycles. The lowest BCUT2D eigenvalue weighted by Gasteiger charge is -2.06. The van der Waals surface area contributed by atoms with Crippen LogP contribution in [-0.4, -0.2) is 22.2 Å². The molecule has 2 aromatic heterocycles. The third kappa shape index (κ3) is 1.89. The predicted molar refractivity (Wildman–Crippen MR) is 87.3 cm³/mol. The van der Waals surface area contributed by atoms with Gasteiger partial charge in [0.1, 0.15) is 17.1 Å². The predicted octanol–water partition coefficient (Wildman–Crippen LogP) is 4.10. The fourth-order valence-corrected chi connectivity index (χ4v) is 2.73. The van der Waals surface area contributed by atoms with Gasteiger partial charge in [-0.15, -0.1) is 0 Å². The first kappa shape index (κ1) is 12.7. The molecule has 0 bridgehead atoms. The molecule has 0 aliphatic rings. The fourth-order valence-electron chi connectivity index (χ4n) is 2.73. The van der Waals surface area contributed by atoms with Crippen LogP contribution >= 0.6 is 0 Å². The number of rotatable bonds is 2. The molecule has 0 fully saturated rings. The number of hydrogen-bond donors (Lipinski definition) is 2. The summed E-state index contributed by atoms with van der Waals surface area (Å²) in [5.74, 6) is 0.773. The Bertz CT molecular complexity index is 989. The van der Waals surface area contributed by atoms with Crippen molar-refractivity contribution in [1.82, 2.24) is 9.97 Å². The van der Waals surface area contributed by atoms with Gasteiger partial charge in [-0.1, -0.05) is 18.2 Å². The lowest BCUT2D eigenvalue weighted by molar-refractivity contribution is 0.408. The molecule has 2 aromatic carbocycles. The van der Waals surface area contributed by atoms with Crippen molar-refractivity contribution in [2.24, 2.45) is 0 Å². The number of benzene rings is 2. The van der Waals surface area contributed by atoms with Crippen molar-refractivity contribution in [3.63, 3.8) is 0 Å². The molecule has 4 nitrogen and oxygen atoms in total. The van der Waals surface area contributed by atoms with Crippen LogP contribution in [0.15, 0.2) is 54.6 Å². The maximum Gasteiger partial charge on any atom is 0.139 e. The molecule has 22 heavy (non-hydrogen) atoms. The normalized spacial score (nSPS) is 11.1. The third-order valence-corrected chi connectivity index (χ3v) is 3.85. The van der Waals surface area contributed by atoms with Gasteiger partial charge in [-0.05, 0) is 30.3 Å². The van der Waals surface area contributed by atoms with Gasteiger partial charge in [-0.3, -0.25) is 0 Å². The van der Waals surface area contributed by atoms with Crippen LogP contribution in [0, 0.1) is 0 Å². The number of H-pyrrole nitrogens is 1. The van der Waals surface area contributed by atoms with E-state index in [9.17, 15) is 5.11 Å². The van der Waals surface area contributed by atoms with Crippen molar-refractivity contribution in [2.45, 2.75) is 0 Å². The first-order chi connectivity index (χ1) is 10.8. The number of methoxy groups -OCH3 is 1. The van der Waals surface area contributed by atoms with Crippen molar-refractivity contribution in [1.29, 1.82) is 0 Å². The molecule has 0 aliphatic heterocycles. The summed E-state index contributed by atoms with van der Waals surface area (Å²) in [6, 6.07) is 17.3. The zero-order valence-electron chi connectivity index (χ0n) is 12.0. The van der Waals surface area contributed by atoms with Gasteiger partial charge in [0.25, 0.3) is 0 Å². The topological polar surface area (TPSA) is 58.1 Å². The number of para-hydroxylation sites is 1. The summed E-state index contributed by atoms with van der Waals surface area (Å²) in [6.45, 7) is 0. The minimum atomic E-state index is 0.155. The molecule has 0 spiro atoms. The number of nitrogens with one attached hydrogen (secondary N) is 1. The monoisotopic (exact) mass is 290 g/mol. The number of phenols is 1. The summed E-state index contributed by atoms with van der Waals surface area (Å²) < 4.78 is 5.11. The summed E-state index contributed by atoms with van der Waals surface area (Å²) in [6.07, 6.45) is 0. The molecule has 4 heteroatoms. The number of phenolic OH excluding ortho intramolecular Hbond substituents is 1. The molecule has 0 atom stereocenters. The van der Waals surface area contributed by atoms with Crippen molar-refractivity contribution in [2.75, 3.05) is 7.11 Å². The smallest absolute Gasteiger partial charge is 0.139 e. The molecule has 0 unspecified atom stereocenters. The van der Waals surface area contributed by atoms with Crippen LogP contribution in [0.4, 0.5) is 0 Å². The summed E-state index contributed by atoms with van der Waals surface area (Å²) in [4.78, 5) is 7.96. The van der Waals surface area contributed by atoms with E-state index in [4.69, 9.17) is 4.74 Å². The second-order valence-electron chi connectivity index (χ2n) is 5.15. The molecule has 4 rings (SSSR count).